The Morgan fingerprint density at radius 1 is 0.439 bits per heavy atom. The van der Waals surface area contributed by atoms with E-state index in [2.05, 4.69) is 143 Å². The predicted octanol–water partition coefficient (Wildman–Crippen LogP) is 10.9. The van der Waals surface area contributed by atoms with Crippen LogP contribution in [-0.2, 0) is 0 Å². The van der Waals surface area contributed by atoms with Crippen LogP contribution >= 0.6 is 11.3 Å². The number of benzene rings is 6. The van der Waals surface area contributed by atoms with Gasteiger partial charge in [0.25, 0.3) is 0 Å². The molecule has 4 heterocycles. The Bertz CT molecular complexity index is 2690. The van der Waals surface area contributed by atoms with Crippen LogP contribution in [0.25, 0.3) is 85.6 Å². The summed E-state index contributed by atoms with van der Waals surface area (Å²) in [4.78, 5) is 0. The first-order valence-electron chi connectivity index (χ1n) is 14.0. The molecular formula is C38H22N2S. The minimum atomic E-state index is 1.18. The summed E-state index contributed by atoms with van der Waals surface area (Å²) in [6.07, 6.45) is 2.32. The summed E-state index contributed by atoms with van der Waals surface area (Å²) in [5.74, 6) is 0. The zero-order chi connectivity index (χ0) is 26.7. The predicted molar refractivity (Wildman–Crippen MR) is 177 cm³/mol. The van der Waals surface area contributed by atoms with Gasteiger partial charge in [0.05, 0.1) is 22.1 Å². The van der Waals surface area contributed by atoms with E-state index in [0.29, 0.717) is 0 Å². The lowest BCUT2D eigenvalue weighted by Crippen LogP contribution is -1.96. The van der Waals surface area contributed by atoms with Crippen molar-refractivity contribution < 1.29 is 0 Å². The molecule has 2 nitrogen and oxygen atoms in total. The van der Waals surface area contributed by atoms with Crippen molar-refractivity contribution in [3.8, 4) is 5.69 Å². The molecule has 0 unspecified atom stereocenters. The van der Waals surface area contributed by atoms with Gasteiger partial charge in [0.2, 0.25) is 0 Å². The van der Waals surface area contributed by atoms with Gasteiger partial charge >= 0.3 is 0 Å². The highest BCUT2D eigenvalue weighted by molar-refractivity contribution is 7.25. The van der Waals surface area contributed by atoms with Crippen molar-refractivity contribution in [1.29, 1.82) is 0 Å². The van der Waals surface area contributed by atoms with Crippen molar-refractivity contribution in [3.05, 3.63) is 134 Å². The molecule has 0 aliphatic carbocycles. The molecule has 41 heavy (non-hydrogen) atoms. The van der Waals surface area contributed by atoms with Crippen molar-refractivity contribution in [3.63, 3.8) is 0 Å². The molecule has 0 bridgehead atoms. The van der Waals surface area contributed by atoms with E-state index >= 15 is 0 Å². The molecule has 10 rings (SSSR count). The molecule has 3 heteroatoms. The maximum Gasteiger partial charge on any atom is 0.0640 e. The third-order valence-electron chi connectivity index (χ3n) is 8.85. The molecule has 0 fully saturated rings. The van der Waals surface area contributed by atoms with Crippen LogP contribution in [0.3, 0.4) is 0 Å². The van der Waals surface area contributed by atoms with Crippen molar-refractivity contribution in [2.24, 2.45) is 0 Å². The molecule has 0 spiro atoms. The number of para-hydroxylation sites is 2. The molecule has 0 saturated heterocycles. The van der Waals surface area contributed by atoms with Gasteiger partial charge in [-0.15, -0.1) is 11.3 Å². The van der Waals surface area contributed by atoms with Gasteiger partial charge in [0.15, 0.2) is 0 Å². The summed E-state index contributed by atoms with van der Waals surface area (Å²) < 4.78 is 7.58. The van der Waals surface area contributed by atoms with Crippen molar-refractivity contribution in [2.75, 3.05) is 0 Å². The van der Waals surface area contributed by atoms with Crippen LogP contribution in [0.1, 0.15) is 0 Å². The largest absolute Gasteiger partial charge is 0.315 e. The molecule has 4 aromatic heterocycles. The fourth-order valence-corrected chi connectivity index (χ4v) is 8.28. The smallest absolute Gasteiger partial charge is 0.0640 e. The molecule has 0 atom stereocenters. The Labute approximate surface area is 238 Å². The highest BCUT2D eigenvalue weighted by atomic mass is 32.1. The number of pyridine rings is 1. The third kappa shape index (κ3) is 2.76. The minimum absolute atomic E-state index is 1.18. The van der Waals surface area contributed by atoms with E-state index in [1.165, 1.54) is 85.6 Å². The molecular weight excluding hydrogens is 516 g/mol. The molecule has 0 aliphatic rings. The monoisotopic (exact) mass is 538 g/mol. The molecule has 0 N–H and O–H groups in total. The maximum absolute atomic E-state index is 2.47. The Balaban J connectivity index is 1.55. The second-order valence-corrected chi connectivity index (χ2v) is 12.1. The zero-order valence-corrected chi connectivity index (χ0v) is 22.8. The van der Waals surface area contributed by atoms with Gasteiger partial charge in [-0.1, -0.05) is 84.9 Å². The quantitative estimate of drug-likeness (QED) is 0.184. The summed E-state index contributed by atoms with van der Waals surface area (Å²) in [5.41, 5.74) is 6.19. The molecule has 10 aromatic rings. The summed E-state index contributed by atoms with van der Waals surface area (Å²) in [6.45, 7) is 0. The fourth-order valence-electron chi connectivity index (χ4n) is 7.16. The van der Waals surface area contributed by atoms with Crippen molar-refractivity contribution in [2.45, 2.75) is 0 Å². The Morgan fingerprint density at radius 3 is 2.10 bits per heavy atom. The minimum Gasteiger partial charge on any atom is -0.315 e. The lowest BCUT2D eigenvalue weighted by atomic mass is 9.99. The molecule has 6 aromatic carbocycles. The van der Waals surface area contributed by atoms with Crippen LogP contribution in [0, 0.1) is 0 Å². The van der Waals surface area contributed by atoms with Crippen LogP contribution < -0.4 is 0 Å². The number of hydrogen-bond donors (Lipinski definition) is 0. The molecule has 0 aliphatic heterocycles. The summed E-state index contributed by atoms with van der Waals surface area (Å²) in [5, 5.41) is 11.7. The van der Waals surface area contributed by atoms with Crippen molar-refractivity contribution >= 4 is 91.3 Å². The van der Waals surface area contributed by atoms with Crippen LogP contribution in [0.15, 0.2) is 134 Å². The SMILES string of the molecule is c1ccc(-n2c3ccccc3c3ccc4c(c5cc6sc7ccccc7c6cc5c5c6ccccc6cn45)c32)cc1. The first-order valence-corrected chi connectivity index (χ1v) is 14.8. The van der Waals surface area contributed by atoms with Gasteiger partial charge in [-0.25, -0.2) is 0 Å². The van der Waals surface area contributed by atoms with E-state index in [4.69, 9.17) is 0 Å². The fraction of sp³-hybridized carbons (Fsp3) is 0. The molecule has 190 valence electrons. The lowest BCUT2D eigenvalue weighted by Gasteiger charge is -2.14. The number of aromatic nitrogens is 2. The Morgan fingerprint density at radius 2 is 1.20 bits per heavy atom. The zero-order valence-electron chi connectivity index (χ0n) is 22.0. The maximum atomic E-state index is 2.47. The van der Waals surface area contributed by atoms with Gasteiger partial charge in [-0.2, -0.15) is 0 Å². The van der Waals surface area contributed by atoms with E-state index in [1.807, 2.05) is 11.3 Å². The first kappa shape index (κ1) is 21.7. The number of rotatable bonds is 1. The third-order valence-corrected chi connectivity index (χ3v) is 9.99. The lowest BCUT2D eigenvalue weighted by molar-refractivity contribution is 1.18. The Kier molecular flexibility index (Phi) is 4.10. The van der Waals surface area contributed by atoms with Crippen LogP contribution in [0.4, 0.5) is 0 Å². The van der Waals surface area contributed by atoms with E-state index in [-0.39, 0.29) is 0 Å². The average Bonchev–Trinajstić information content (AvgIpc) is 3.70. The summed E-state index contributed by atoms with van der Waals surface area (Å²) >= 11 is 1.89. The summed E-state index contributed by atoms with van der Waals surface area (Å²) in [7, 11) is 0. The van der Waals surface area contributed by atoms with Gasteiger partial charge in [0.1, 0.15) is 0 Å². The molecule has 0 amide bonds. The van der Waals surface area contributed by atoms with Crippen LogP contribution in [0.2, 0.25) is 0 Å². The van der Waals surface area contributed by atoms with Gasteiger partial charge in [0, 0.05) is 64.4 Å². The highest BCUT2D eigenvalue weighted by Crippen LogP contribution is 2.45. The normalized spacial score (nSPS) is 12.4. The van der Waals surface area contributed by atoms with Crippen LogP contribution in [0.5, 0.6) is 0 Å². The van der Waals surface area contributed by atoms with E-state index in [9.17, 15) is 0 Å². The van der Waals surface area contributed by atoms with Crippen molar-refractivity contribution in [1.82, 2.24) is 8.97 Å². The second-order valence-electron chi connectivity index (χ2n) is 11.0. The summed E-state index contributed by atoms with van der Waals surface area (Å²) in [6, 6.07) is 46.8. The van der Waals surface area contributed by atoms with Gasteiger partial charge in [-0.05, 0) is 47.9 Å². The first-order chi connectivity index (χ1) is 20.3. The van der Waals surface area contributed by atoms with Gasteiger partial charge in [-0.3, -0.25) is 0 Å². The number of fused-ring (bicyclic) bond motifs is 15. The van der Waals surface area contributed by atoms with E-state index < -0.39 is 0 Å². The average molecular weight is 539 g/mol. The number of thiophene rings is 1. The van der Waals surface area contributed by atoms with Crippen LogP contribution in [-0.4, -0.2) is 8.97 Å². The topological polar surface area (TPSA) is 9.34 Å². The Hall–Kier alpha value is -5.12. The molecule has 0 saturated carbocycles. The second kappa shape index (κ2) is 7.75. The standard InChI is InChI=1S/C38H22N2S/c1-2-11-24(12-3-1)40-32-16-8-6-14-26(32)28-18-19-33-36(38(28)40)30-21-35-29(27-15-7-9-17-34(27)41-35)20-31(30)37-25-13-5-4-10-23(25)22-39(33)37/h1-22H. The number of nitrogens with zero attached hydrogens (tertiary/aromatic N) is 2. The van der Waals surface area contributed by atoms with E-state index in [1.54, 1.807) is 0 Å². The van der Waals surface area contributed by atoms with Gasteiger partial charge < -0.3 is 8.97 Å². The number of hydrogen-bond acceptors (Lipinski definition) is 1. The molecule has 0 radical (unpaired) electrons. The van der Waals surface area contributed by atoms with E-state index in [0.717, 1.165) is 0 Å². The highest BCUT2D eigenvalue weighted by Gasteiger charge is 2.21.